The predicted molar refractivity (Wildman–Crippen MR) is 137 cm³/mol. The fourth-order valence-electron chi connectivity index (χ4n) is 4.71. The zero-order valence-corrected chi connectivity index (χ0v) is 20.6. The Morgan fingerprint density at radius 2 is 2.00 bits per heavy atom. The average Bonchev–Trinajstić information content (AvgIpc) is 3.31. The van der Waals surface area contributed by atoms with Gasteiger partial charge in [0.2, 0.25) is 5.95 Å². The van der Waals surface area contributed by atoms with Gasteiger partial charge in [0, 0.05) is 72.0 Å². The van der Waals surface area contributed by atoms with E-state index in [1.165, 1.54) is 12.8 Å². The Kier molecular flexibility index (Phi) is 6.29. The Balaban J connectivity index is 1.33. The van der Waals surface area contributed by atoms with E-state index in [1.807, 2.05) is 45.3 Å². The molecule has 0 spiro atoms. The second-order valence-electron chi connectivity index (χ2n) is 9.17. The van der Waals surface area contributed by atoms with E-state index in [9.17, 15) is 0 Å². The number of rotatable bonds is 6. The number of aryl methyl sites for hydroxylation is 2. The van der Waals surface area contributed by atoms with Gasteiger partial charge in [-0.3, -0.25) is 0 Å². The SMILES string of the molecule is Cc1nn(-c2ccnc(Nc3ccc4c(c3)c(Cl)c(C)n4C)n2)cc1CNC1CCCCC1N. The van der Waals surface area contributed by atoms with Gasteiger partial charge < -0.3 is 20.9 Å². The molecular weight excluding hydrogens is 448 g/mol. The van der Waals surface area contributed by atoms with Crippen molar-refractivity contribution in [1.29, 1.82) is 0 Å². The van der Waals surface area contributed by atoms with Gasteiger partial charge in [-0.25, -0.2) is 9.67 Å². The third-order valence-electron chi connectivity index (χ3n) is 6.92. The molecule has 0 bridgehead atoms. The molecule has 3 heterocycles. The summed E-state index contributed by atoms with van der Waals surface area (Å²) in [6.07, 6.45) is 8.46. The fraction of sp³-hybridized carbons (Fsp3) is 0.400. The first-order valence-electron chi connectivity index (χ1n) is 11.8. The number of nitrogens with zero attached hydrogens (tertiary/aromatic N) is 5. The highest BCUT2D eigenvalue weighted by atomic mass is 35.5. The van der Waals surface area contributed by atoms with E-state index >= 15 is 0 Å². The van der Waals surface area contributed by atoms with Gasteiger partial charge in [0.15, 0.2) is 5.82 Å². The smallest absolute Gasteiger partial charge is 0.229 e. The Labute approximate surface area is 204 Å². The monoisotopic (exact) mass is 478 g/mol. The van der Waals surface area contributed by atoms with Crippen LogP contribution in [0.3, 0.4) is 0 Å². The lowest BCUT2D eigenvalue weighted by Gasteiger charge is -2.29. The molecule has 0 radical (unpaired) electrons. The van der Waals surface area contributed by atoms with Crippen LogP contribution in [0, 0.1) is 13.8 Å². The molecule has 9 heteroatoms. The molecule has 2 atom stereocenters. The zero-order chi connectivity index (χ0) is 23.8. The van der Waals surface area contributed by atoms with Gasteiger partial charge in [-0.2, -0.15) is 10.1 Å². The minimum Gasteiger partial charge on any atom is -0.346 e. The van der Waals surface area contributed by atoms with Crippen molar-refractivity contribution in [2.75, 3.05) is 5.32 Å². The fourth-order valence-corrected chi connectivity index (χ4v) is 4.99. The van der Waals surface area contributed by atoms with Gasteiger partial charge in [0.05, 0.1) is 10.7 Å². The maximum Gasteiger partial charge on any atom is 0.229 e. The van der Waals surface area contributed by atoms with Gasteiger partial charge in [-0.05, 0) is 44.9 Å². The molecule has 4 N–H and O–H groups in total. The van der Waals surface area contributed by atoms with Crippen molar-refractivity contribution in [3.05, 3.63) is 58.6 Å². The Bertz CT molecular complexity index is 1320. The van der Waals surface area contributed by atoms with E-state index in [4.69, 9.17) is 17.3 Å². The second kappa shape index (κ2) is 9.37. The van der Waals surface area contributed by atoms with Crippen LogP contribution in [-0.2, 0) is 13.6 Å². The number of benzene rings is 1. The van der Waals surface area contributed by atoms with Crippen LogP contribution in [0.1, 0.15) is 42.6 Å². The van der Waals surface area contributed by atoms with E-state index in [2.05, 4.69) is 36.3 Å². The molecule has 5 rings (SSSR count). The summed E-state index contributed by atoms with van der Waals surface area (Å²) in [5, 5.41) is 13.4. The topological polar surface area (TPSA) is 98.6 Å². The van der Waals surface area contributed by atoms with Crippen molar-refractivity contribution < 1.29 is 0 Å². The number of nitrogens with two attached hydrogens (primary N) is 1. The Morgan fingerprint density at radius 1 is 1.18 bits per heavy atom. The Morgan fingerprint density at radius 3 is 2.82 bits per heavy atom. The van der Waals surface area contributed by atoms with Crippen LogP contribution in [0.15, 0.2) is 36.7 Å². The van der Waals surface area contributed by atoms with Crippen molar-refractivity contribution in [3.63, 3.8) is 0 Å². The lowest BCUT2D eigenvalue weighted by molar-refractivity contribution is 0.326. The first-order valence-corrected chi connectivity index (χ1v) is 12.2. The van der Waals surface area contributed by atoms with Gasteiger partial charge in [-0.15, -0.1) is 0 Å². The molecule has 0 aliphatic heterocycles. The van der Waals surface area contributed by atoms with Crippen LogP contribution in [0.25, 0.3) is 16.7 Å². The molecule has 1 fully saturated rings. The minimum absolute atomic E-state index is 0.230. The highest BCUT2D eigenvalue weighted by molar-refractivity contribution is 6.36. The summed E-state index contributed by atoms with van der Waals surface area (Å²) in [6, 6.07) is 8.53. The average molecular weight is 479 g/mol. The number of hydrogen-bond donors (Lipinski definition) is 3. The molecule has 0 amide bonds. The number of hydrogen-bond acceptors (Lipinski definition) is 6. The normalized spacial score (nSPS) is 18.5. The second-order valence-corrected chi connectivity index (χ2v) is 9.55. The summed E-state index contributed by atoms with van der Waals surface area (Å²) in [5.41, 5.74) is 11.4. The Hall–Kier alpha value is -2.94. The van der Waals surface area contributed by atoms with E-state index in [-0.39, 0.29) is 6.04 Å². The minimum atomic E-state index is 0.230. The van der Waals surface area contributed by atoms with Crippen LogP contribution < -0.4 is 16.4 Å². The molecule has 4 aromatic rings. The molecule has 1 saturated carbocycles. The molecular formula is C25H31ClN8. The van der Waals surface area contributed by atoms with Gasteiger partial charge in [-0.1, -0.05) is 24.4 Å². The van der Waals surface area contributed by atoms with Gasteiger partial charge in [0.1, 0.15) is 0 Å². The molecule has 178 valence electrons. The van der Waals surface area contributed by atoms with E-state index in [0.29, 0.717) is 17.8 Å². The molecule has 1 aliphatic carbocycles. The van der Waals surface area contributed by atoms with Crippen LogP contribution in [0.5, 0.6) is 0 Å². The largest absolute Gasteiger partial charge is 0.346 e. The molecule has 1 aromatic carbocycles. The highest BCUT2D eigenvalue weighted by Gasteiger charge is 2.21. The van der Waals surface area contributed by atoms with Gasteiger partial charge >= 0.3 is 0 Å². The summed E-state index contributed by atoms with van der Waals surface area (Å²) in [7, 11) is 2.02. The lowest BCUT2D eigenvalue weighted by Crippen LogP contribution is -2.46. The maximum atomic E-state index is 6.52. The summed E-state index contributed by atoms with van der Waals surface area (Å²) in [6.45, 7) is 4.79. The molecule has 34 heavy (non-hydrogen) atoms. The zero-order valence-electron chi connectivity index (χ0n) is 19.8. The summed E-state index contributed by atoms with van der Waals surface area (Å²) >= 11 is 6.52. The van der Waals surface area contributed by atoms with Crippen molar-refractivity contribution in [2.24, 2.45) is 12.8 Å². The number of nitrogens with one attached hydrogen (secondary N) is 2. The first kappa shape index (κ1) is 22.8. The first-order chi connectivity index (χ1) is 16.4. The van der Waals surface area contributed by atoms with Crippen molar-refractivity contribution in [1.82, 2.24) is 29.6 Å². The summed E-state index contributed by atoms with van der Waals surface area (Å²) < 4.78 is 3.90. The van der Waals surface area contributed by atoms with E-state index in [0.717, 1.165) is 58.0 Å². The summed E-state index contributed by atoms with van der Waals surface area (Å²) in [4.78, 5) is 9.07. The molecule has 2 unspecified atom stereocenters. The third-order valence-corrected chi connectivity index (χ3v) is 7.40. The van der Waals surface area contributed by atoms with Crippen molar-refractivity contribution in [2.45, 2.75) is 58.2 Å². The van der Waals surface area contributed by atoms with Crippen molar-refractivity contribution in [3.8, 4) is 5.82 Å². The predicted octanol–water partition coefficient (Wildman–Crippen LogP) is 4.53. The quantitative estimate of drug-likeness (QED) is 0.376. The van der Waals surface area contributed by atoms with Crippen LogP contribution >= 0.6 is 11.6 Å². The van der Waals surface area contributed by atoms with E-state index in [1.54, 1.807) is 10.9 Å². The van der Waals surface area contributed by atoms with Crippen LogP contribution in [0.4, 0.5) is 11.6 Å². The van der Waals surface area contributed by atoms with Gasteiger partial charge in [0.25, 0.3) is 0 Å². The van der Waals surface area contributed by atoms with E-state index < -0.39 is 0 Å². The standard InChI is InChI=1S/C25H31ClN8/c1-15-17(13-29-21-7-5-4-6-20(21)27)14-34(32-15)23-10-11-28-25(31-23)30-18-8-9-22-19(12-18)24(26)16(2)33(22)3/h8-12,14,20-21,29H,4-7,13,27H2,1-3H3,(H,28,30,31). The third kappa shape index (κ3) is 4.41. The van der Waals surface area contributed by atoms with Crippen molar-refractivity contribution >= 4 is 34.1 Å². The van der Waals surface area contributed by atoms with Crippen LogP contribution in [-0.4, -0.2) is 36.4 Å². The maximum absolute atomic E-state index is 6.52. The number of aromatic nitrogens is 5. The molecule has 3 aromatic heterocycles. The molecule has 0 saturated heterocycles. The molecule has 8 nitrogen and oxygen atoms in total. The highest BCUT2D eigenvalue weighted by Crippen LogP contribution is 2.32. The lowest BCUT2D eigenvalue weighted by atomic mass is 9.91. The number of anilines is 2. The number of halogens is 1. The summed E-state index contributed by atoms with van der Waals surface area (Å²) in [5.74, 6) is 1.21. The number of fused-ring (bicyclic) bond motifs is 1. The van der Waals surface area contributed by atoms with Crippen LogP contribution in [0.2, 0.25) is 5.02 Å². The molecule has 1 aliphatic rings.